The summed E-state index contributed by atoms with van der Waals surface area (Å²) in [6.07, 6.45) is -18.9. The molecule has 3 aliphatic heterocycles. The van der Waals surface area contributed by atoms with Crippen molar-refractivity contribution in [1.29, 1.82) is 0 Å². The Kier molecular flexibility index (Phi) is 12.0. The number of aliphatic hydroxyl groups is 10. The van der Waals surface area contributed by atoms with E-state index in [1.54, 1.807) is 0 Å². The van der Waals surface area contributed by atoms with Crippen LogP contribution in [0.15, 0.2) is 0 Å². The quantitative estimate of drug-likeness (QED) is 0.149. The zero-order valence-electron chi connectivity index (χ0n) is 19.0. The third kappa shape index (κ3) is 6.63. The van der Waals surface area contributed by atoms with E-state index in [4.69, 9.17) is 34.5 Å². The summed E-state index contributed by atoms with van der Waals surface area (Å²) in [6, 6.07) is -1.30. The lowest BCUT2D eigenvalue weighted by Crippen LogP contribution is -2.67. The van der Waals surface area contributed by atoms with Crippen LogP contribution in [0, 0.1) is 0 Å². The highest BCUT2D eigenvalue weighted by molar-refractivity contribution is 4.96. The van der Waals surface area contributed by atoms with E-state index in [2.05, 4.69) is 0 Å². The van der Waals surface area contributed by atoms with Gasteiger partial charge in [-0.05, 0) is 0 Å². The molecule has 14 atom stereocenters. The summed E-state index contributed by atoms with van der Waals surface area (Å²) in [6.45, 7) is -2.23. The average Bonchev–Trinajstić information content (AvgIpc) is 2.87. The highest BCUT2D eigenvalue weighted by Crippen LogP contribution is 2.31. The molecular weight excluding hydrogens is 482 g/mol. The molecule has 16 heteroatoms. The molecule has 0 aromatic heterocycles. The third-order valence-corrected chi connectivity index (χ3v) is 6.09. The van der Waals surface area contributed by atoms with E-state index in [0.29, 0.717) is 0 Å². The van der Waals surface area contributed by atoms with Crippen LogP contribution in [0.1, 0.15) is 0 Å². The molecule has 0 amide bonds. The van der Waals surface area contributed by atoms with E-state index in [-0.39, 0.29) is 6.61 Å². The second-order valence-corrected chi connectivity index (χ2v) is 8.30. The first-order valence-electron chi connectivity index (χ1n) is 11.0. The molecular formula is C19H37NO15. The lowest BCUT2D eigenvalue weighted by Gasteiger charge is -2.47. The first kappa shape index (κ1) is 30.6. The fourth-order valence-corrected chi connectivity index (χ4v) is 4.05. The normalized spacial score (nSPS) is 48.7. The Morgan fingerprint density at radius 3 is 1.74 bits per heavy atom. The topological polar surface area (TPSA) is 274 Å². The van der Waals surface area contributed by atoms with Crippen LogP contribution in [-0.2, 0) is 23.7 Å². The van der Waals surface area contributed by atoms with Crippen LogP contribution in [0.5, 0.6) is 0 Å². The van der Waals surface area contributed by atoms with Gasteiger partial charge in [-0.15, -0.1) is 0 Å². The number of nitrogens with two attached hydrogens (primary N) is 1. The van der Waals surface area contributed by atoms with E-state index in [1.165, 1.54) is 0 Å². The van der Waals surface area contributed by atoms with Crippen LogP contribution in [0.4, 0.5) is 0 Å². The number of rotatable bonds is 7. The van der Waals surface area contributed by atoms with Crippen LogP contribution >= 0.6 is 0 Å². The summed E-state index contributed by atoms with van der Waals surface area (Å²) in [4.78, 5) is 0. The summed E-state index contributed by atoms with van der Waals surface area (Å²) in [5, 5.41) is 96.7. The van der Waals surface area contributed by atoms with Crippen LogP contribution in [-0.4, -0.2) is 170 Å². The average molecular weight is 519 g/mol. The molecule has 0 saturated carbocycles. The summed E-state index contributed by atoms with van der Waals surface area (Å²) >= 11 is 0. The van der Waals surface area contributed by atoms with E-state index in [0.717, 1.165) is 7.11 Å². The molecule has 0 spiro atoms. The molecule has 6 unspecified atom stereocenters. The summed E-state index contributed by atoms with van der Waals surface area (Å²) in [5.74, 6) is 0. The van der Waals surface area contributed by atoms with Gasteiger partial charge in [-0.25, -0.2) is 0 Å². The van der Waals surface area contributed by atoms with Gasteiger partial charge in [0.05, 0.1) is 32.5 Å². The van der Waals surface area contributed by atoms with Crippen molar-refractivity contribution < 1.29 is 74.7 Å². The van der Waals surface area contributed by atoms with Crippen LogP contribution in [0.3, 0.4) is 0 Å². The van der Waals surface area contributed by atoms with Crippen molar-refractivity contribution in [3.05, 3.63) is 0 Å². The Bertz CT molecular complexity index is 613. The van der Waals surface area contributed by atoms with Crippen molar-refractivity contribution in [3.8, 4) is 0 Å². The molecule has 3 saturated heterocycles. The van der Waals surface area contributed by atoms with Gasteiger partial charge in [0, 0.05) is 7.11 Å². The lowest BCUT2D eigenvalue weighted by molar-refractivity contribution is -0.362. The maximum Gasteiger partial charge on any atom is 0.187 e. The SMILES string of the molecule is CO.NC1[C@H](O[C@@H]2C(CO)O[C@H](O[C@@H]3C(CO)OCC(O)[C@H]3O)C(O)[C@H]2O)OC(CO)[C@@H](O)[C@@H]1O. The van der Waals surface area contributed by atoms with Crippen LogP contribution in [0.2, 0.25) is 0 Å². The van der Waals surface area contributed by atoms with E-state index >= 15 is 0 Å². The molecule has 3 heterocycles. The summed E-state index contributed by atoms with van der Waals surface area (Å²) in [5.41, 5.74) is 5.82. The second kappa shape index (κ2) is 13.8. The zero-order valence-corrected chi connectivity index (χ0v) is 19.0. The van der Waals surface area contributed by atoms with Crippen molar-refractivity contribution in [2.45, 2.75) is 85.8 Å². The van der Waals surface area contributed by atoms with Crippen LogP contribution in [0.25, 0.3) is 0 Å². The van der Waals surface area contributed by atoms with Gasteiger partial charge in [-0.2, -0.15) is 0 Å². The lowest BCUT2D eigenvalue weighted by atomic mass is 9.95. The largest absolute Gasteiger partial charge is 0.400 e. The van der Waals surface area contributed by atoms with Crippen molar-refractivity contribution in [2.24, 2.45) is 5.73 Å². The molecule has 3 rings (SSSR count). The molecule has 16 nitrogen and oxygen atoms in total. The zero-order chi connectivity index (χ0) is 26.4. The summed E-state index contributed by atoms with van der Waals surface area (Å²) < 4.78 is 27.1. The minimum atomic E-state index is -1.80. The predicted molar refractivity (Wildman–Crippen MR) is 110 cm³/mol. The van der Waals surface area contributed by atoms with Crippen LogP contribution < -0.4 is 5.73 Å². The van der Waals surface area contributed by atoms with E-state index in [1.807, 2.05) is 0 Å². The van der Waals surface area contributed by atoms with Gasteiger partial charge in [-0.3, -0.25) is 0 Å². The minimum absolute atomic E-state index is 0.255. The molecule has 208 valence electrons. The van der Waals surface area contributed by atoms with Gasteiger partial charge < -0.3 is 80.5 Å². The number of aliphatic hydroxyl groups excluding tert-OH is 10. The fourth-order valence-electron chi connectivity index (χ4n) is 4.05. The molecule has 0 bridgehead atoms. The van der Waals surface area contributed by atoms with Crippen molar-refractivity contribution in [1.82, 2.24) is 0 Å². The molecule has 35 heavy (non-hydrogen) atoms. The highest BCUT2D eigenvalue weighted by atomic mass is 16.7. The molecule has 3 fully saturated rings. The molecule has 0 radical (unpaired) electrons. The van der Waals surface area contributed by atoms with Gasteiger partial charge in [-0.1, -0.05) is 0 Å². The van der Waals surface area contributed by atoms with Gasteiger partial charge in [0.15, 0.2) is 12.6 Å². The Morgan fingerprint density at radius 1 is 0.657 bits per heavy atom. The summed E-state index contributed by atoms with van der Waals surface area (Å²) in [7, 11) is 1.00. The first-order chi connectivity index (χ1) is 16.6. The first-order valence-corrected chi connectivity index (χ1v) is 11.0. The molecule has 0 aromatic carbocycles. The standard InChI is InChI=1S/C18H33NO14.CH4O/c19-9-12(26)11(25)6(1-20)30-17(9)32-16-8(3-22)31-18(14(28)13(16)27)33-15-7(2-21)29-4-5(23)10(15)24;1-2/h5-18,20-28H,1-4,19H2;2H,1H3/t5?,6?,7?,8?,9?,10-,11-,12-,13-,14?,15-,16-,17+,18-;/m1./s1. The molecule has 0 aliphatic carbocycles. The Balaban J connectivity index is 0.00000210. The van der Waals surface area contributed by atoms with Gasteiger partial charge in [0.2, 0.25) is 0 Å². The fraction of sp³-hybridized carbons (Fsp3) is 1.00. The number of hydrogen-bond donors (Lipinski definition) is 11. The maximum atomic E-state index is 10.6. The second-order valence-electron chi connectivity index (χ2n) is 8.30. The Morgan fingerprint density at radius 2 is 1.17 bits per heavy atom. The number of hydrogen-bond acceptors (Lipinski definition) is 16. The molecule has 12 N–H and O–H groups in total. The maximum absolute atomic E-state index is 10.6. The Labute approximate surface area is 200 Å². The van der Waals surface area contributed by atoms with Gasteiger partial charge in [0.25, 0.3) is 0 Å². The van der Waals surface area contributed by atoms with Crippen molar-refractivity contribution in [2.75, 3.05) is 33.5 Å². The Hall–Kier alpha value is -0.640. The van der Waals surface area contributed by atoms with E-state index in [9.17, 15) is 46.0 Å². The molecule has 3 aliphatic rings. The van der Waals surface area contributed by atoms with Gasteiger partial charge >= 0.3 is 0 Å². The minimum Gasteiger partial charge on any atom is -0.400 e. The monoisotopic (exact) mass is 519 g/mol. The predicted octanol–water partition coefficient (Wildman–Crippen LogP) is -7.32. The smallest absolute Gasteiger partial charge is 0.187 e. The highest BCUT2D eigenvalue weighted by Gasteiger charge is 2.52. The number of ether oxygens (including phenoxy) is 5. The van der Waals surface area contributed by atoms with Crippen molar-refractivity contribution in [3.63, 3.8) is 0 Å². The van der Waals surface area contributed by atoms with Gasteiger partial charge in [0.1, 0.15) is 67.1 Å². The van der Waals surface area contributed by atoms with Crippen molar-refractivity contribution >= 4 is 0 Å². The third-order valence-electron chi connectivity index (χ3n) is 6.09. The van der Waals surface area contributed by atoms with E-state index < -0.39 is 106 Å². The molecule has 0 aromatic rings.